The van der Waals surface area contributed by atoms with Crippen LogP contribution in [-0.4, -0.2) is 43.9 Å². The Morgan fingerprint density at radius 1 is 0.923 bits per heavy atom. The van der Waals surface area contributed by atoms with Crippen LogP contribution in [0.4, 0.5) is 5.69 Å². The number of nitrogens with one attached hydrogen (secondary N) is 1. The first-order valence-electron chi connectivity index (χ1n) is 12.6. The topological polar surface area (TPSA) is 83.1 Å². The average molecular weight is 546 g/mol. The number of anilines is 1. The average Bonchev–Trinajstić information content (AvgIpc) is 3.53. The van der Waals surface area contributed by atoms with Crippen LogP contribution in [-0.2, 0) is 36.8 Å². The molecule has 3 unspecified atom stereocenters. The molecule has 0 aromatic heterocycles. The van der Waals surface area contributed by atoms with Gasteiger partial charge in [0.25, 0.3) is 12.9 Å². The summed E-state index contributed by atoms with van der Waals surface area (Å²) in [5.41, 5.74) is 3.36. The van der Waals surface area contributed by atoms with Crippen LogP contribution in [0.25, 0.3) is 0 Å². The van der Waals surface area contributed by atoms with E-state index in [0.29, 0.717) is 36.7 Å². The second kappa shape index (κ2) is 12.2. The first kappa shape index (κ1) is 26.5. The Kier molecular flexibility index (Phi) is 8.30. The molecule has 0 amide bonds. The monoisotopic (exact) mass is 545 g/mol. The number of benzene rings is 3. The summed E-state index contributed by atoms with van der Waals surface area (Å²) in [5, 5.41) is 4.27. The van der Waals surface area contributed by atoms with Gasteiger partial charge in [0.2, 0.25) is 0 Å². The van der Waals surface area contributed by atoms with E-state index in [9.17, 15) is 9.59 Å². The van der Waals surface area contributed by atoms with Gasteiger partial charge >= 0.3 is 0 Å². The Morgan fingerprint density at radius 2 is 1.69 bits per heavy atom. The summed E-state index contributed by atoms with van der Waals surface area (Å²) in [5.74, 6) is 0.713. The Labute approximate surface area is 232 Å². The third-order valence-corrected chi connectivity index (χ3v) is 7.34. The van der Waals surface area contributed by atoms with Crippen molar-refractivity contribution in [3.05, 3.63) is 118 Å². The number of ether oxygens (including phenoxy) is 4. The molecule has 3 aromatic rings. The number of carbonyl (C=O) groups is 2. The highest BCUT2D eigenvalue weighted by atomic mass is 35.5. The van der Waals surface area contributed by atoms with Crippen molar-refractivity contribution >= 4 is 30.2 Å². The molecular formula is C31H28ClNO6. The van der Waals surface area contributed by atoms with Gasteiger partial charge in [0, 0.05) is 27.9 Å². The van der Waals surface area contributed by atoms with Gasteiger partial charge in [0.1, 0.15) is 37.3 Å². The maximum atomic E-state index is 11.2. The van der Waals surface area contributed by atoms with E-state index in [-0.39, 0.29) is 19.3 Å². The summed E-state index contributed by atoms with van der Waals surface area (Å²) in [7, 11) is 0. The molecule has 3 aromatic carbocycles. The summed E-state index contributed by atoms with van der Waals surface area (Å²) in [4.78, 5) is 22.1. The molecule has 2 heterocycles. The minimum absolute atomic E-state index is 0.00280. The van der Waals surface area contributed by atoms with E-state index in [0.717, 1.165) is 28.0 Å². The van der Waals surface area contributed by atoms with Gasteiger partial charge in [-0.3, -0.25) is 9.59 Å². The lowest BCUT2D eigenvalue weighted by atomic mass is 9.79. The van der Waals surface area contributed by atoms with Gasteiger partial charge in [0.05, 0.1) is 6.04 Å². The fourth-order valence-corrected chi connectivity index (χ4v) is 5.35. The van der Waals surface area contributed by atoms with Gasteiger partial charge in [-0.2, -0.15) is 0 Å². The van der Waals surface area contributed by atoms with Gasteiger partial charge in [-0.25, -0.2) is 0 Å². The van der Waals surface area contributed by atoms with Crippen molar-refractivity contribution in [2.45, 2.75) is 30.8 Å². The van der Waals surface area contributed by atoms with Crippen LogP contribution in [0, 0.1) is 0 Å². The summed E-state index contributed by atoms with van der Waals surface area (Å²) < 4.78 is 22.9. The number of hydrogen-bond donors (Lipinski definition) is 1. The van der Waals surface area contributed by atoms with Gasteiger partial charge in [-0.1, -0.05) is 72.3 Å². The van der Waals surface area contributed by atoms with Gasteiger partial charge in [0.15, 0.2) is 0 Å². The zero-order valence-corrected chi connectivity index (χ0v) is 21.9. The quantitative estimate of drug-likeness (QED) is 0.218. The highest BCUT2D eigenvalue weighted by Gasteiger charge is 2.53. The fourth-order valence-electron chi connectivity index (χ4n) is 5.14. The maximum absolute atomic E-state index is 11.2. The van der Waals surface area contributed by atoms with E-state index in [1.807, 2.05) is 91.0 Å². The lowest BCUT2D eigenvalue weighted by molar-refractivity contribution is -0.129. The van der Waals surface area contributed by atoms with E-state index in [2.05, 4.69) is 5.32 Å². The van der Waals surface area contributed by atoms with E-state index in [1.54, 1.807) is 0 Å². The molecule has 0 radical (unpaired) electrons. The lowest BCUT2D eigenvalue weighted by Crippen LogP contribution is -2.48. The maximum Gasteiger partial charge on any atom is 0.293 e. The van der Waals surface area contributed by atoms with E-state index in [1.165, 1.54) is 0 Å². The van der Waals surface area contributed by atoms with Crippen LogP contribution < -0.4 is 10.1 Å². The SMILES string of the molecule is O=COCC1=C(COC=O)C2(C(Cc3ccccc3Cl)Nc3cccc(OCc4ccccc4)c3)C=CC1O2. The standard InChI is InChI=1S/C31H28ClNO6/c32-28-12-5-4-9-23(28)15-30(31-14-13-29(39-31)26(18-36-20-34)27(31)19-37-21-35)33-24-10-6-11-25(16-24)38-17-22-7-2-1-3-8-22/h1-14,16,20-21,29-30,33H,15,17-19H2. The number of carbonyl (C=O) groups excluding carboxylic acids is 2. The Balaban J connectivity index is 1.47. The molecule has 5 rings (SSSR count). The molecule has 39 heavy (non-hydrogen) atoms. The second-order valence-electron chi connectivity index (χ2n) is 9.30. The van der Waals surface area contributed by atoms with Crippen LogP contribution in [0.15, 0.2) is 102 Å². The minimum atomic E-state index is -0.963. The molecule has 7 nitrogen and oxygen atoms in total. The molecule has 200 valence electrons. The molecule has 2 bridgehead atoms. The summed E-state index contributed by atoms with van der Waals surface area (Å²) in [6.45, 7) is 1.29. The van der Waals surface area contributed by atoms with Crippen molar-refractivity contribution in [3.8, 4) is 5.75 Å². The second-order valence-corrected chi connectivity index (χ2v) is 9.71. The van der Waals surface area contributed by atoms with Crippen molar-refractivity contribution in [1.29, 1.82) is 0 Å². The smallest absolute Gasteiger partial charge is 0.293 e. The van der Waals surface area contributed by atoms with E-state index >= 15 is 0 Å². The molecule has 0 spiro atoms. The van der Waals surface area contributed by atoms with Crippen LogP contribution in [0.5, 0.6) is 5.75 Å². The van der Waals surface area contributed by atoms with Crippen molar-refractivity contribution in [2.24, 2.45) is 0 Å². The molecule has 0 aliphatic carbocycles. The molecule has 0 saturated heterocycles. The normalized spacial score (nSPS) is 20.0. The zero-order chi connectivity index (χ0) is 27.1. The molecule has 3 atom stereocenters. The molecule has 2 aliphatic heterocycles. The van der Waals surface area contributed by atoms with Crippen LogP contribution in [0.1, 0.15) is 11.1 Å². The molecule has 8 heteroatoms. The molecule has 2 aliphatic rings. The minimum Gasteiger partial charge on any atom is -0.489 e. The molecular weight excluding hydrogens is 518 g/mol. The third-order valence-electron chi connectivity index (χ3n) is 6.97. The van der Waals surface area contributed by atoms with Crippen LogP contribution >= 0.6 is 11.6 Å². The predicted molar refractivity (Wildman–Crippen MR) is 148 cm³/mol. The summed E-state index contributed by atoms with van der Waals surface area (Å²) in [6, 6.07) is 25.0. The summed E-state index contributed by atoms with van der Waals surface area (Å²) >= 11 is 6.57. The van der Waals surface area contributed by atoms with Gasteiger partial charge in [-0.05, 0) is 41.8 Å². The number of fused-ring (bicyclic) bond motifs is 2. The van der Waals surface area contributed by atoms with Crippen molar-refractivity contribution in [2.75, 3.05) is 18.5 Å². The number of hydrogen-bond acceptors (Lipinski definition) is 7. The van der Waals surface area contributed by atoms with E-state index in [4.69, 9.17) is 30.5 Å². The van der Waals surface area contributed by atoms with Crippen LogP contribution in [0.3, 0.4) is 0 Å². The fraction of sp³-hybridized carbons (Fsp3) is 0.226. The van der Waals surface area contributed by atoms with E-state index < -0.39 is 11.7 Å². The van der Waals surface area contributed by atoms with Crippen LogP contribution in [0.2, 0.25) is 5.02 Å². The third kappa shape index (κ3) is 5.85. The number of halogens is 1. The lowest BCUT2D eigenvalue weighted by Gasteiger charge is -2.37. The van der Waals surface area contributed by atoms with Crippen molar-refractivity contribution in [3.63, 3.8) is 0 Å². The zero-order valence-electron chi connectivity index (χ0n) is 21.1. The highest BCUT2D eigenvalue weighted by Crippen LogP contribution is 2.47. The van der Waals surface area contributed by atoms with Gasteiger partial charge in [-0.15, -0.1) is 0 Å². The predicted octanol–water partition coefficient (Wildman–Crippen LogP) is 5.29. The number of rotatable bonds is 14. The largest absolute Gasteiger partial charge is 0.489 e. The van der Waals surface area contributed by atoms with Crippen molar-refractivity contribution < 1.29 is 28.5 Å². The van der Waals surface area contributed by atoms with Gasteiger partial charge < -0.3 is 24.3 Å². The Hall–Kier alpha value is -4.07. The molecule has 1 N–H and O–H groups in total. The Morgan fingerprint density at radius 3 is 2.49 bits per heavy atom. The first-order valence-corrected chi connectivity index (χ1v) is 13.0. The summed E-state index contributed by atoms with van der Waals surface area (Å²) in [6.07, 6.45) is 4.02. The Bertz CT molecular complexity index is 1370. The van der Waals surface area contributed by atoms with Crippen molar-refractivity contribution in [1.82, 2.24) is 0 Å². The highest BCUT2D eigenvalue weighted by molar-refractivity contribution is 6.31. The molecule has 0 fully saturated rings. The molecule has 0 saturated carbocycles. The first-order chi connectivity index (χ1) is 19.1.